The van der Waals surface area contributed by atoms with Crippen LogP contribution in [0.5, 0.6) is 0 Å². The Morgan fingerprint density at radius 2 is 1.78 bits per heavy atom. The molecule has 1 aromatic carbocycles. The molecule has 2 aliphatic heterocycles. The molecule has 0 saturated carbocycles. The molecule has 2 aliphatic rings. The molecule has 0 atom stereocenters. The number of benzene rings is 1. The number of rotatable bonds is 3. The molecule has 0 radical (unpaired) electrons. The van der Waals surface area contributed by atoms with Crippen molar-refractivity contribution in [2.75, 3.05) is 36.5 Å². The SMILES string of the molecule is c1ccc(N2CCCC2)c(NC2CCOCC2)c1. The largest absolute Gasteiger partial charge is 0.381 e. The monoisotopic (exact) mass is 246 g/mol. The van der Waals surface area contributed by atoms with Crippen molar-refractivity contribution in [3.05, 3.63) is 24.3 Å². The second-order valence-corrected chi connectivity index (χ2v) is 5.24. The topological polar surface area (TPSA) is 24.5 Å². The fourth-order valence-electron chi connectivity index (χ4n) is 2.89. The number of anilines is 2. The molecular formula is C15H22N2O. The first-order valence-electron chi connectivity index (χ1n) is 7.12. The molecule has 3 nitrogen and oxygen atoms in total. The first-order chi connectivity index (χ1) is 8.93. The highest BCUT2D eigenvalue weighted by atomic mass is 16.5. The van der Waals surface area contributed by atoms with Gasteiger partial charge in [-0.25, -0.2) is 0 Å². The lowest BCUT2D eigenvalue weighted by Gasteiger charge is -2.28. The number of nitrogens with zero attached hydrogens (tertiary/aromatic N) is 1. The molecule has 0 unspecified atom stereocenters. The molecule has 0 bridgehead atoms. The van der Waals surface area contributed by atoms with Gasteiger partial charge in [0, 0.05) is 32.3 Å². The third kappa shape index (κ3) is 2.61. The Morgan fingerprint density at radius 3 is 2.56 bits per heavy atom. The van der Waals surface area contributed by atoms with Crippen molar-refractivity contribution < 1.29 is 4.74 Å². The number of nitrogens with one attached hydrogen (secondary N) is 1. The molecule has 2 fully saturated rings. The zero-order valence-corrected chi connectivity index (χ0v) is 10.9. The van der Waals surface area contributed by atoms with Crippen molar-refractivity contribution in [3.8, 4) is 0 Å². The van der Waals surface area contributed by atoms with Crippen molar-refractivity contribution >= 4 is 11.4 Å². The first kappa shape index (κ1) is 11.8. The Morgan fingerprint density at radius 1 is 1.06 bits per heavy atom. The van der Waals surface area contributed by atoms with Crippen LogP contribution < -0.4 is 10.2 Å². The molecule has 98 valence electrons. The van der Waals surface area contributed by atoms with E-state index in [0.29, 0.717) is 6.04 Å². The van der Waals surface area contributed by atoms with Crippen LogP contribution in [-0.4, -0.2) is 32.3 Å². The minimum Gasteiger partial charge on any atom is -0.381 e. The Kier molecular flexibility index (Phi) is 3.69. The third-order valence-electron chi connectivity index (χ3n) is 3.93. The number of ether oxygens (including phenoxy) is 1. The van der Waals surface area contributed by atoms with Crippen LogP contribution in [0.15, 0.2) is 24.3 Å². The summed E-state index contributed by atoms with van der Waals surface area (Å²) in [6, 6.07) is 9.29. The standard InChI is InChI=1S/C15H22N2O/c1-2-6-15(17-9-3-4-10-17)14(5-1)16-13-7-11-18-12-8-13/h1-2,5-6,13,16H,3-4,7-12H2. The van der Waals surface area contributed by atoms with Gasteiger partial charge >= 0.3 is 0 Å². The summed E-state index contributed by atoms with van der Waals surface area (Å²) in [5.41, 5.74) is 2.67. The summed E-state index contributed by atoms with van der Waals surface area (Å²) in [4.78, 5) is 2.50. The maximum atomic E-state index is 5.42. The fourth-order valence-corrected chi connectivity index (χ4v) is 2.89. The summed E-state index contributed by atoms with van der Waals surface area (Å²) in [6.07, 6.45) is 4.89. The summed E-state index contributed by atoms with van der Waals surface area (Å²) in [6.45, 7) is 4.19. The summed E-state index contributed by atoms with van der Waals surface area (Å²) in [5, 5.41) is 3.70. The third-order valence-corrected chi connectivity index (χ3v) is 3.93. The summed E-state index contributed by atoms with van der Waals surface area (Å²) >= 11 is 0. The van der Waals surface area contributed by atoms with E-state index >= 15 is 0 Å². The average Bonchev–Trinajstić information content (AvgIpc) is 2.94. The van der Waals surface area contributed by atoms with Crippen LogP contribution in [0.25, 0.3) is 0 Å². The Hall–Kier alpha value is -1.22. The van der Waals surface area contributed by atoms with Gasteiger partial charge in [0.25, 0.3) is 0 Å². The molecule has 0 spiro atoms. The van der Waals surface area contributed by atoms with Crippen molar-refractivity contribution in [1.82, 2.24) is 0 Å². The van der Waals surface area contributed by atoms with Gasteiger partial charge in [-0.2, -0.15) is 0 Å². The predicted molar refractivity (Wildman–Crippen MR) is 75.4 cm³/mol. The highest BCUT2D eigenvalue weighted by molar-refractivity contribution is 5.70. The van der Waals surface area contributed by atoms with Gasteiger partial charge in [0.1, 0.15) is 0 Å². The quantitative estimate of drug-likeness (QED) is 0.887. The van der Waals surface area contributed by atoms with Crippen LogP contribution in [-0.2, 0) is 4.74 Å². The summed E-state index contributed by atoms with van der Waals surface area (Å²) in [7, 11) is 0. The maximum Gasteiger partial charge on any atom is 0.0602 e. The minimum absolute atomic E-state index is 0.572. The molecule has 2 saturated heterocycles. The predicted octanol–water partition coefficient (Wildman–Crippen LogP) is 2.88. The lowest BCUT2D eigenvalue weighted by Crippen LogP contribution is -2.29. The van der Waals surface area contributed by atoms with Gasteiger partial charge in [-0.1, -0.05) is 12.1 Å². The summed E-state index contributed by atoms with van der Waals surface area (Å²) < 4.78 is 5.42. The van der Waals surface area contributed by atoms with Gasteiger partial charge in [0.05, 0.1) is 11.4 Å². The van der Waals surface area contributed by atoms with Crippen LogP contribution in [0.1, 0.15) is 25.7 Å². The minimum atomic E-state index is 0.572. The van der Waals surface area contributed by atoms with Crippen molar-refractivity contribution in [1.29, 1.82) is 0 Å². The molecule has 0 aromatic heterocycles. The molecule has 3 heteroatoms. The molecule has 3 rings (SSSR count). The highest BCUT2D eigenvalue weighted by Gasteiger charge is 2.18. The van der Waals surface area contributed by atoms with Gasteiger partial charge in [-0.15, -0.1) is 0 Å². The van der Waals surface area contributed by atoms with Crippen LogP contribution in [0, 0.1) is 0 Å². The van der Waals surface area contributed by atoms with E-state index in [9.17, 15) is 0 Å². The zero-order valence-electron chi connectivity index (χ0n) is 10.9. The van der Waals surface area contributed by atoms with Crippen LogP contribution in [0.2, 0.25) is 0 Å². The van der Waals surface area contributed by atoms with Crippen molar-refractivity contribution in [3.63, 3.8) is 0 Å². The lowest BCUT2D eigenvalue weighted by atomic mass is 10.1. The van der Waals surface area contributed by atoms with E-state index in [2.05, 4.69) is 34.5 Å². The molecule has 0 aliphatic carbocycles. The van der Waals surface area contributed by atoms with Crippen molar-refractivity contribution in [2.45, 2.75) is 31.7 Å². The molecule has 18 heavy (non-hydrogen) atoms. The Bertz CT molecular complexity index is 382. The maximum absolute atomic E-state index is 5.42. The van der Waals surface area contributed by atoms with Gasteiger partial charge in [0.15, 0.2) is 0 Å². The molecular weight excluding hydrogens is 224 g/mol. The zero-order chi connectivity index (χ0) is 12.2. The van der Waals surface area contributed by atoms with Crippen LogP contribution >= 0.6 is 0 Å². The molecule has 2 heterocycles. The fraction of sp³-hybridized carbons (Fsp3) is 0.600. The first-order valence-corrected chi connectivity index (χ1v) is 7.12. The molecule has 1 aromatic rings. The van der Waals surface area contributed by atoms with E-state index in [4.69, 9.17) is 4.74 Å². The second-order valence-electron chi connectivity index (χ2n) is 5.24. The average molecular weight is 246 g/mol. The highest BCUT2D eigenvalue weighted by Crippen LogP contribution is 2.30. The number of hydrogen-bond donors (Lipinski definition) is 1. The normalized spacial score (nSPS) is 21.2. The second kappa shape index (κ2) is 5.61. The van der Waals surface area contributed by atoms with E-state index in [-0.39, 0.29) is 0 Å². The van der Waals surface area contributed by atoms with Gasteiger partial charge in [-0.3, -0.25) is 0 Å². The van der Waals surface area contributed by atoms with Crippen molar-refractivity contribution in [2.24, 2.45) is 0 Å². The van der Waals surface area contributed by atoms with Crippen LogP contribution in [0.4, 0.5) is 11.4 Å². The number of para-hydroxylation sites is 2. The molecule has 1 N–H and O–H groups in total. The van der Waals surface area contributed by atoms with E-state index in [1.807, 2.05) is 0 Å². The number of hydrogen-bond acceptors (Lipinski definition) is 3. The van der Waals surface area contributed by atoms with Crippen LogP contribution in [0.3, 0.4) is 0 Å². The Balaban J connectivity index is 1.73. The summed E-state index contributed by atoms with van der Waals surface area (Å²) in [5.74, 6) is 0. The smallest absolute Gasteiger partial charge is 0.0602 e. The van der Waals surface area contributed by atoms with Gasteiger partial charge in [0.2, 0.25) is 0 Å². The van der Waals surface area contributed by atoms with E-state index in [0.717, 1.165) is 26.1 Å². The van der Waals surface area contributed by atoms with E-state index in [1.54, 1.807) is 0 Å². The lowest BCUT2D eigenvalue weighted by molar-refractivity contribution is 0.0904. The Labute approximate surface area is 109 Å². The van der Waals surface area contributed by atoms with E-state index < -0.39 is 0 Å². The van der Waals surface area contributed by atoms with Gasteiger partial charge < -0.3 is 15.0 Å². The molecule has 0 amide bonds. The van der Waals surface area contributed by atoms with E-state index in [1.165, 1.54) is 37.3 Å². The van der Waals surface area contributed by atoms with Gasteiger partial charge in [-0.05, 0) is 37.8 Å².